The van der Waals surface area contributed by atoms with Crippen LogP contribution in [0.2, 0.25) is 0 Å². The van der Waals surface area contributed by atoms with Crippen LogP contribution in [0.5, 0.6) is 0 Å². The van der Waals surface area contributed by atoms with Crippen molar-refractivity contribution in [2.24, 2.45) is 11.3 Å². The average Bonchev–Trinajstić information content (AvgIpc) is 3.41. The summed E-state index contributed by atoms with van der Waals surface area (Å²) >= 11 is 0. The van der Waals surface area contributed by atoms with Crippen molar-refractivity contribution in [2.45, 2.75) is 123 Å². The topological polar surface area (TPSA) is 36.9 Å². The Morgan fingerprint density at radius 1 is 0.704 bits per heavy atom. The van der Waals surface area contributed by atoms with E-state index in [0.29, 0.717) is 42.5 Å². The van der Waals surface area contributed by atoms with Crippen molar-refractivity contribution in [3.63, 3.8) is 0 Å². The van der Waals surface area contributed by atoms with Crippen LogP contribution in [0.3, 0.4) is 0 Å². The van der Waals surface area contributed by atoms with Crippen LogP contribution in [0.1, 0.15) is 86.0 Å². The Labute approximate surface area is 166 Å². The molecule has 0 radical (unpaired) electrons. The summed E-state index contributed by atoms with van der Waals surface area (Å²) in [7, 11) is 0. The summed E-state index contributed by atoms with van der Waals surface area (Å²) in [6.07, 6.45) is 12.4. The molecule has 6 atom stereocenters. The van der Waals surface area contributed by atoms with Crippen molar-refractivity contribution in [1.82, 2.24) is 0 Å². The van der Waals surface area contributed by atoms with Gasteiger partial charge >= 0.3 is 0 Å². The highest BCUT2D eigenvalue weighted by Gasteiger charge is 2.44. The Morgan fingerprint density at radius 3 is 1.44 bits per heavy atom. The maximum Gasteiger partial charge on any atom is 0.0655 e. The van der Waals surface area contributed by atoms with E-state index in [2.05, 4.69) is 34.6 Å². The summed E-state index contributed by atoms with van der Waals surface area (Å²) < 4.78 is 23.3. The van der Waals surface area contributed by atoms with Gasteiger partial charge < -0.3 is 18.9 Å². The highest BCUT2D eigenvalue weighted by atomic mass is 16.5. The first-order valence-corrected chi connectivity index (χ1v) is 11.4. The standard InChI is InChI=1S/C13H24O2.C10H18O2/c1-9-5-7-11(14-9)13(3,4)12-8-6-10(2)15-12;1-8(9-4-2-6-11-9)10-5-3-7-12-10/h9-12H,5-8H2,1-4H3;8-10H,2-7H2,1H3. The number of ether oxygens (including phenoxy) is 4. The van der Waals surface area contributed by atoms with Gasteiger partial charge in [0.25, 0.3) is 0 Å². The molecule has 0 aromatic carbocycles. The second-order valence-electron chi connectivity index (χ2n) is 9.81. The molecule has 4 nitrogen and oxygen atoms in total. The van der Waals surface area contributed by atoms with Crippen LogP contribution in [0.4, 0.5) is 0 Å². The normalized spacial score (nSPS) is 40.8. The van der Waals surface area contributed by atoms with Crippen molar-refractivity contribution >= 4 is 0 Å². The van der Waals surface area contributed by atoms with Crippen molar-refractivity contribution in [3.05, 3.63) is 0 Å². The van der Waals surface area contributed by atoms with Gasteiger partial charge in [-0.15, -0.1) is 0 Å². The summed E-state index contributed by atoms with van der Waals surface area (Å²) in [5, 5.41) is 0. The van der Waals surface area contributed by atoms with Gasteiger partial charge in [-0.25, -0.2) is 0 Å². The molecule has 0 amide bonds. The summed E-state index contributed by atoms with van der Waals surface area (Å²) in [5.41, 5.74) is 0.176. The van der Waals surface area contributed by atoms with Crippen molar-refractivity contribution in [3.8, 4) is 0 Å². The second kappa shape index (κ2) is 9.56. The molecule has 0 N–H and O–H groups in total. The van der Waals surface area contributed by atoms with E-state index in [1.807, 2.05) is 0 Å². The lowest BCUT2D eigenvalue weighted by molar-refractivity contribution is -0.0958. The molecular weight excluding hydrogens is 340 g/mol. The molecule has 4 heteroatoms. The summed E-state index contributed by atoms with van der Waals surface area (Å²) in [6.45, 7) is 13.1. The Bertz CT molecular complexity index is 402. The summed E-state index contributed by atoms with van der Waals surface area (Å²) in [6, 6.07) is 0. The minimum Gasteiger partial charge on any atom is -0.378 e. The zero-order valence-corrected chi connectivity index (χ0v) is 18.2. The number of hydrogen-bond acceptors (Lipinski definition) is 4. The van der Waals surface area contributed by atoms with Gasteiger partial charge in [0.05, 0.1) is 36.6 Å². The van der Waals surface area contributed by atoms with Crippen molar-refractivity contribution in [2.75, 3.05) is 13.2 Å². The lowest BCUT2D eigenvalue weighted by Crippen LogP contribution is -2.40. The highest BCUT2D eigenvalue weighted by molar-refractivity contribution is 4.93. The van der Waals surface area contributed by atoms with Gasteiger partial charge in [-0.3, -0.25) is 0 Å². The molecule has 4 saturated heterocycles. The van der Waals surface area contributed by atoms with E-state index < -0.39 is 0 Å². The Morgan fingerprint density at radius 2 is 1.15 bits per heavy atom. The predicted molar refractivity (Wildman–Crippen MR) is 108 cm³/mol. The zero-order valence-electron chi connectivity index (χ0n) is 18.2. The van der Waals surface area contributed by atoms with E-state index >= 15 is 0 Å². The van der Waals surface area contributed by atoms with E-state index in [1.165, 1.54) is 51.4 Å². The largest absolute Gasteiger partial charge is 0.378 e. The van der Waals surface area contributed by atoms with E-state index in [9.17, 15) is 0 Å². The van der Waals surface area contributed by atoms with E-state index in [0.717, 1.165) is 13.2 Å². The molecule has 4 aliphatic rings. The van der Waals surface area contributed by atoms with Gasteiger partial charge in [-0.1, -0.05) is 20.8 Å². The Hall–Kier alpha value is -0.160. The molecule has 4 rings (SSSR count). The number of hydrogen-bond donors (Lipinski definition) is 0. The zero-order chi connectivity index (χ0) is 19.4. The maximum atomic E-state index is 5.99. The molecule has 0 aromatic rings. The molecule has 6 unspecified atom stereocenters. The summed E-state index contributed by atoms with van der Waals surface area (Å²) in [5.74, 6) is 0.606. The fourth-order valence-corrected chi connectivity index (χ4v) is 5.18. The molecular formula is C23H42O4. The molecule has 0 bridgehead atoms. The first-order valence-electron chi connectivity index (χ1n) is 11.4. The van der Waals surface area contributed by atoms with E-state index in [-0.39, 0.29) is 5.41 Å². The first-order chi connectivity index (χ1) is 12.9. The highest BCUT2D eigenvalue weighted by Crippen LogP contribution is 2.42. The van der Waals surface area contributed by atoms with Crippen LogP contribution in [-0.4, -0.2) is 49.8 Å². The van der Waals surface area contributed by atoms with Crippen molar-refractivity contribution < 1.29 is 18.9 Å². The first kappa shape index (κ1) is 21.5. The SMILES string of the molecule is CC(C1CCCO1)C1CCCO1.CC1CCC(C(C)(C)C2CCC(C)O2)O1. The molecule has 158 valence electrons. The third-order valence-electron chi connectivity index (χ3n) is 7.23. The van der Waals surface area contributed by atoms with Gasteiger partial charge in [-0.2, -0.15) is 0 Å². The Kier molecular flexibility index (Phi) is 7.63. The van der Waals surface area contributed by atoms with E-state index in [1.54, 1.807) is 0 Å². The minimum atomic E-state index is 0.176. The molecule has 0 aliphatic carbocycles. The van der Waals surface area contributed by atoms with Crippen LogP contribution >= 0.6 is 0 Å². The summed E-state index contributed by atoms with van der Waals surface area (Å²) in [4.78, 5) is 0. The van der Waals surface area contributed by atoms with Crippen molar-refractivity contribution in [1.29, 1.82) is 0 Å². The predicted octanol–water partition coefficient (Wildman–Crippen LogP) is 5.13. The van der Waals surface area contributed by atoms with Crippen LogP contribution < -0.4 is 0 Å². The third-order valence-corrected chi connectivity index (χ3v) is 7.23. The lowest BCUT2D eigenvalue weighted by atomic mass is 9.78. The smallest absolute Gasteiger partial charge is 0.0655 e. The van der Waals surface area contributed by atoms with Crippen LogP contribution in [0.25, 0.3) is 0 Å². The molecule has 0 aromatic heterocycles. The van der Waals surface area contributed by atoms with Crippen LogP contribution in [0, 0.1) is 11.3 Å². The molecule has 27 heavy (non-hydrogen) atoms. The molecule has 4 aliphatic heterocycles. The minimum absolute atomic E-state index is 0.176. The Balaban J connectivity index is 0.000000159. The average molecular weight is 383 g/mol. The molecule has 4 heterocycles. The third kappa shape index (κ3) is 5.46. The van der Waals surface area contributed by atoms with E-state index in [4.69, 9.17) is 18.9 Å². The van der Waals surface area contributed by atoms with Gasteiger partial charge in [0.15, 0.2) is 0 Å². The molecule has 0 spiro atoms. The molecule has 4 fully saturated rings. The monoisotopic (exact) mass is 382 g/mol. The fraction of sp³-hybridized carbons (Fsp3) is 1.00. The van der Waals surface area contributed by atoms with Gasteiger partial charge in [-0.05, 0) is 65.2 Å². The van der Waals surface area contributed by atoms with Crippen LogP contribution in [-0.2, 0) is 18.9 Å². The maximum absolute atomic E-state index is 5.99. The second-order valence-corrected chi connectivity index (χ2v) is 9.81. The van der Waals surface area contributed by atoms with Gasteiger partial charge in [0.1, 0.15) is 0 Å². The van der Waals surface area contributed by atoms with Gasteiger partial charge in [0.2, 0.25) is 0 Å². The lowest BCUT2D eigenvalue weighted by Gasteiger charge is -2.36. The quantitative estimate of drug-likeness (QED) is 0.675. The van der Waals surface area contributed by atoms with Gasteiger partial charge in [0, 0.05) is 24.5 Å². The van der Waals surface area contributed by atoms with Crippen LogP contribution in [0.15, 0.2) is 0 Å². The fourth-order valence-electron chi connectivity index (χ4n) is 5.18. The molecule has 0 saturated carbocycles. The number of rotatable bonds is 4.